The van der Waals surface area contributed by atoms with Gasteiger partial charge in [0.25, 0.3) is 0 Å². The van der Waals surface area contributed by atoms with Crippen molar-refractivity contribution in [3.63, 3.8) is 0 Å². The topological polar surface area (TPSA) is 21.3 Å². The van der Waals surface area contributed by atoms with Crippen LogP contribution >= 0.6 is 0 Å². The highest BCUT2D eigenvalue weighted by Crippen LogP contribution is 2.28. The molecule has 0 aliphatic carbocycles. The first-order chi connectivity index (χ1) is 7.79. The maximum atomic E-state index is 6.00. The van der Waals surface area contributed by atoms with E-state index >= 15 is 0 Å². The summed E-state index contributed by atoms with van der Waals surface area (Å²) in [6, 6.07) is 0. The van der Waals surface area contributed by atoms with Gasteiger partial charge in [-0.2, -0.15) is 0 Å². The molecule has 1 aliphatic heterocycles. The molecule has 1 heterocycles. The molecule has 16 heavy (non-hydrogen) atoms. The largest absolute Gasteiger partial charge is 0.378 e. The summed E-state index contributed by atoms with van der Waals surface area (Å²) < 4.78 is 6.00. The third-order valence-corrected chi connectivity index (χ3v) is 3.63. The number of nitrogens with one attached hydrogen (secondary N) is 1. The summed E-state index contributed by atoms with van der Waals surface area (Å²) in [5.74, 6) is 1.46. The van der Waals surface area contributed by atoms with E-state index in [1.54, 1.807) is 0 Å². The lowest BCUT2D eigenvalue weighted by molar-refractivity contribution is -0.0575. The van der Waals surface area contributed by atoms with Gasteiger partial charge in [-0.25, -0.2) is 0 Å². The molecule has 0 amide bonds. The molecule has 0 saturated carbocycles. The second kappa shape index (κ2) is 8.08. The smallest absolute Gasteiger partial charge is 0.0640 e. The highest BCUT2D eigenvalue weighted by atomic mass is 16.5. The Bertz CT molecular complexity index is 172. The Balaban J connectivity index is 2.36. The zero-order chi connectivity index (χ0) is 11.8. The van der Waals surface area contributed by atoms with Gasteiger partial charge in [0.05, 0.1) is 6.10 Å². The van der Waals surface area contributed by atoms with Crippen molar-refractivity contribution in [2.45, 2.75) is 59.0 Å². The van der Waals surface area contributed by atoms with Crippen LogP contribution in [-0.2, 0) is 4.74 Å². The van der Waals surface area contributed by atoms with Crippen LogP contribution < -0.4 is 5.32 Å². The molecule has 0 radical (unpaired) electrons. The minimum Gasteiger partial charge on any atom is -0.378 e. The Kier molecular flexibility index (Phi) is 7.06. The van der Waals surface area contributed by atoms with Crippen molar-refractivity contribution in [2.75, 3.05) is 19.7 Å². The molecule has 96 valence electrons. The minimum absolute atomic E-state index is 0.498. The third kappa shape index (κ3) is 4.42. The highest BCUT2D eigenvalue weighted by Gasteiger charge is 2.29. The minimum atomic E-state index is 0.498. The van der Waals surface area contributed by atoms with Gasteiger partial charge in [-0.05, 0) is 44.1 Å². The third-order valence-electron chi connectivity index (χ3n) is 3.63. The SMILES string of the molecule is CCCNCC1CCCOC1C(C)CCC. The van der Waals surface area contributed by atoms with E-state index < -0.39 is 0 Å². The maximum absolute atomic E-state index is 6.00. The van der Waals surface area contributed by atoms with Crippen molar-refractivity contribution in [3.8, 4) is 0 Å². The van der Waals surface area contributed by atoms with E-state index in [-0.39, 0.29) is 0 Å². The molecular formula is C14H29NO. The molecular weight excluding hydrogens is 198 g/mol. The van der Waals surface area contributed by atoms with Crippen LogP contribution in [-0.4, -0.2) is 25.8 Å². The number of hydrogen-bond acceptors (Lipinski definition) is 2. The molecule has 0 aromatic carbocycles. The maximum Gasteiger partial charge on any atom is 0.0640 e. The molecule has 0 aromatic rings. The molecule has 0 spiro atoms. The average molecular weight is 227 g/mol. The summed E-state index contributed by atoms with van der Waals surface area (Å²) in [6.07, 6.45) is 6.88. The van der Waals surface area contributed by atoms with Crippen molar-refractivity contribution < 1.29 is 4.74 Å². The Morgan fingerprint density at radius 1 is 1.31 bits per heavy atom. The quantitative estimate of drug-likeness (QED) is 0.674. The van der Waals surface area contributed by atoms with Gasteiger partial charge in [0.2, 0.25) is 0 Å². The number of ether oxygens (including phenoxy) is 1. The fourth-order valence-electron chi connectivity index (χ4n) is 2.80. The molecule has 0 bridgehead atoms. The predicted octanol–water partition coefficient (Wildman–Crippen LogP) is 3.22. The van der Waals surface area contributed by atoms with E-state index in [1.807, 2.05) is 0 Å². The summed E-state index contributed by atoms with van der Waals surface area (Å²) in [5, 5.41) is 3.55. The summed E-state index contributed by atoms with van der Waals surface area (Å²) in [6.45, 7) is 10.1. The molecule has 2 nitrogen and oxygen atoms in total. The standard InChI is InChI=1S/C14H29NO/c1-4-7-12(3)14-13(8-6-10-16-14)11-15-9-5-2/h12-15H,4-11H2,1-3H3. The van der Waals surface area contributed by atoms with Gasteiger partial charge >= 0.3 is 0 Å². The molecule has 2 heteroatoms. The second-order valence-corrected chi connectivity index (χ2v) is 5.21. The summed E-state index contributed by atoms with van der Waals surface area (Å²) >= 11 is 0. The predicted molar refractivity (Wildman–Crippen MR) is 69.7 cm³/mol. The first-order valence-electron chi connectivity index (χ1n) is 7.11. The second-order valence-electron chi connectivity index (χ2n) is 5.21. The molecule has 1 fully saturated rings. The molecule has 1 rings (SSSR count). The van der Waals surface area contributed by atoms with Gasteiger partial charge < -0.3 is 10.1 Å². The number of hydrogen-bond donors (Lipinski definition) is 1. The lowest BCUT2D eigenvalue weighted by atomic mass is 9.84. The van der Waals surface area contributed by atoms with Crippen molar-refractivity contribution >= 4 is 0 Å². The van der Waals surface area contributed by atoms with Crippen molar-refractivity contribution in [2.24, 2.45) is 11.8 Å². The van der Waals surface area contributed by atoms with Crippen LogP contribution in [0, 0.1) is 11.8 Å². The fourth-order valence-corrected chi connectivity index (χ4v) is 2.80. The molecule has 3 atom stereocenters. The van der Waals surface area contributed by atoms with Crippen molar-refractivity contribution in [3.05, 3.63) is 0 Å². The molecule has 1 N–H and O–H groups in total. The molecule has 3 unspecified atom stereocenters. The van der Waals surface area contributed by atoms with Crippen LogP contribution in [0.15, 0.2) is 0 Å². The van der Waals surface area contributed by atoms with Crippen LogP contribution in [0.25, 0.3) is 0 Å². The van der Waals surface area contributed by atoms with E-state index in [4.69, 9.17) is 4.74 Å². The fraction of sp³-hybridized carbons (Fsp3) is 1.00. The van der Waals surface area contributed by atoms with E-state index in [9.17, 15) is 0 Å². The lowest BCUT2D eigenvalue weighted by Gasteiger charge is -2.36. The van der Waals surface area contributed by atoms with E-state index in [0.717, 1.165) is 31.5 Å². The summed E-state index contributed by atoms with van der Waals surface area (Å²) in [7, 11) is 0. The Labute approximate surface area is 101 Å². The number of rotatable bonds is 7. The monoisotopic (exact) mass is 227 g/mol. The molecule has 1 saturated heterocycles. The van der Waals surface area contributed by atoms with Gasteiger partial charge in [0.15, 0.2) is 0 Å². The van der Waals surface area contributed by atoms with Crippen LogP contribution in [0.5, 0.6) is 0 Å². The zero-order valence-corrected chi connectivity index (χ0v) is 11.3. The van der Waals surface area contributed by atoms with Crippen LogP contribution in [0.2, 0.25) is 0 Å². The van der Waals surface area contributed by atoms with Gasteiger partial charge in [-0.15, -0.1) is 0 Å². The lowest BCUT2D eigenvalue weighted by Crippen LogP contribution is -2.40. The van der Waals surface area contributed by atoms with Crippen LogP contribution in [0.3, 0.4) is 0 Å². The zero-order valence-electron chi connectivity index (χ0n) is 11.3. The first kappa shape index (κ1) is 14.0. The van der Waals surface area contributed by atoms with Gasteiger partial charge in [-0.3, -0.25) is 0 Å². The molecule has 1 aliphatic rings. The Morgan fingerprint density at radius 3 is 2.81 bits per heavy atom. The average Bonchev–Trinajstić information content (AvgIpc) is 2.30. The Hall–Kier alpha value is -0.0800. The van der Waals surface area contributed by atoms with Gasteiger partial charge in [0.1, 0.15) is 0 Å². The highest BCUT2D eigenvalue weighted by molar-refractivity contribution is 4.80. The molecule has 0 aromatic heterocycles. The van der Waals surface area contributed by atoms with Gasteiger partial charge in [-0.1, -0.05) is 27.2 Å². The van der Waals surface area contributed by atoms with Crippen LogP contribution in [0.4, 0.5) is 0 Å². The first-order valence-corrected chi connectivity index (χ1v) is 7.11. The van der Waals surface area contributed by atoms with E-state index in [0.29, 0.717) is 6.10 Å². The Morgan fingerprint density at radius 2 is 2.12 bits per heavy atom. The van der Waals surface area contributed by atoms with E-state index in [2.05, 4.69) is 26.1 Å². The van der Waals surface area contributed by atoms with Crippen molar-refractivity contribution in [1.29, 1.82) is 0 Å². The van der Waals surface area contributed by atoms with Gasteiger partial charge in [0, 0.05) is 13.2 Å². The normalized spacial score (nSPS) is 27.9. The van der Waals surface area contributed by atoms with Crippen molar-refractivity contribution in [1.82, 2.24) is 5.32 Å². The summed E-state index contributed by atoms with van der Waals surface area (Å²) in [5.41, 5.74) is 0. The summed E-state index contributed by atoms with van der Waals surface area (Å²) in [4.78, 5) is 0. The van der Waals surface area contributed by atoms with Crippen LogP contribution in [0.1, 0.15) is 52.9 Å². The van der Waals surface area contributed by atoms with E-state index in [1.165, 1.54) is 32.1 Å².